The topological polar surface area (TPSA) is 63.0 Å². The van der Waals surface area contributed by atoms with Crippen molar-refractivity contribution in [1.82, 2.24) is 14.9 Å². The standard InChI is InChI=1S/C15H16FN5O/c1-11-4-6-12(7-5-11)8-19-22-15-17-9-13(16)14(20-15)18-10-21(2)3/h4-10H,1-3H3/b18-10?,19-8+. The molecule has 2 aromatic rings. The fourth-order valence-electron chi connectivity index (χ4n) is 1.43. The minimum absolute atomic E-state index is 0.0735. The van der Waals surface area contributed by atoms with Crippen LogP contribution in [0.1, 0.15) is 11.1 Å². The van der Waals surface area contributed by atoms with E-state index in [9.17, 15) is 4.39 Å². The number of hydrogen-bond donors (Lipinski definition) is 0. The Balaban J connectivity index is 2.06. The second kappa shape index (κ2) is 7.26. The zero-order chi connectivity index (χ0) is 15.9. The number of rotatable bonds is 5. The van der Waals surface area contributed by atoms with E-state index < -0.39 is 5.82 Å². The first-order chi connectivity index (χ1) is 10.5. The Morgan fingerprint density at radius 2 is 1.95 bits per heavy atom. The van der Waals surface area contributed by atoms with Gasteiger partial charge in [0.15, 0.2) is 11.6 Å². The van der Waals surface area contributed by atoms with E-state index in [1.54, 1.807) is 19.0 Å². The Labute approximate surface area is 128 Å². The van der Waals surface area contributed by atoms with E-state index in [-0.39, 0.29) is 11.8 Å². The summed E-state index contributed by atoms with van der Waals surface area (Å²) in [6.45, 7) is 2.00. The van der Waals surface area contributed by atoms with E-state index >= 15 is 0 Å². The third kappa shape index (κ3) is 4.62. The molecule has 0 bridgehead atoms. The number of hydrogen-bond acceptors (Lipinski definition) is 5. The summed E-state index contributed by atoms with van der Waals surface area (Å²) in [5, 5.41) is 3.77. The van der Waals surface area contributed by atoms with Crippen LogP contribution < -0.4 is 4.84 Å². The zero-order valence-corrected chi connectivity index (χ0v) is 12.6. The van der Waals surface area contributed by atoms with Gasteiger partial charge in [-0.1, -0.05) is 35.0 Å². The van der Waals surface area contributed by atoms with Crippen LogP contribution in [0.3, 0.4) is 0 Å². The van der Waals surface area contributed by atoms with Gasteiger partial charge in [0.25, 0.3) is 0 Å². The number of aliphatic imine (C=N–C) groups is 1. The van der Waals surface area contributed by atoms with Crippen LogP contribution in [-0.2, 0) is 0 Å². The highest BCUT2D eigenvalue weighted by molar-refractivity contribution is 5.79. The molecule has 0 N–H and O–H groups in total. The Kier molecular flexibility index (Phi) is 5.13. The molecular formula is C15H16FN5O. The first-order valence-corrected chi connectivity index (χ1v) is 6.55. The number of nitrogens with zero attached hydrogens (tertiary/aromatic N) is 5. The second-order valence-electron chi connectivity index (χ2n) is 4.77. The van der Waals surface area contributed by atoms with E-state index in [0.29, 0.717) is 0 Å². The van der Waals surface area contributed by atoms with Gasteiger partial charge in [-0.3, -0.25) is 0 Å². The lowest BCUT2D eigenvalue weighted by atomic mass is 10.2. The second-order valence-corrected chi connectivity index (χ2v) is 4.77. The SMILES string of the molecule is Cc1ccc(/C=N/Oc2ncc(F)c(N=CN(C)C)n2)cc1. The van der Waals surface area contributed by atoms with Crippen LogP contribution in [-0.4, -0.2) is 41.5 Å². The first kappa shape index (κ1) is 15.6. The molecule has 0 saturated heterocycles. The normalized spacial score (nSPS) is 11.3. The number of aromatic nitrogens is 2. The van der Waals surface area contributed by atoms with E-state index in [4.69, 9.17) is 4.84 Å². The minimum atomic E-state index is -0.632. The summed E-state index contributed by atoms with van der Waals surface area (Å²) in [4.78, 5) is 18.1. The van der Waals surface area contributed by atoms with E-state index in [1.807, 2.05) is 31.2 Å². The number of oxime groups is 1. The molecule has 1 aromatic carbocycles. The maximum atomic E-state index is 13.5. The monoisotopic (exact) mass is 301 g/mol. The molecule has 6 nitrogen and oxygen atoms in total. The molecule has 0 amide bonds. The van der Waals surface area contributed by atoms with Crippen molar-refractivity contribution >= 4 is 18.4 Å². The molecule has 1 heterocycles. The van der Waals surface area contributed by atoms with E-state index in [1.165, 1.54) is 12.6 Å². The molecule has 0 aliphatic rings. The summed E-state index contributed by atoms with van der Waals surface area (Å²) in [6, 6.07) is 7.66. The fourth-order valence-corrected chi connectivity index (χ4v) is 1.43. The van der Waals surface area contributed by atoms with Gasteiger partial charge in [0, 0.05) is 14.1 Å². The Hall–Kier alpha value is -2.83. The third-order valence-electron chi connectivity index (χ3n) is 2.53. The van der Waals surface area contributed by atoms with Crippen molar-refractivity contribution in [2.75, 3.05) is 14.1 Å². The fraction of sp³-hybridized carbons (Fsp3) is 0.200. The van der Waals surface area contributed by atoms with Gasteiger partial charge in [0.2, 0.25) is 0 Å². The van der Waals surface area contributed by atoms with Crippen molar-refractivity contribution < 1.29 is 9.23 Å². The summed E-state index contributed by atoms with van der Waals surface area (Å²) >= 11 is 0. The van der Waals surface area contributed by atoms with Crippen molar-refractivity contribution in [2.45, 2.75) is 6.92 Å². The molecular weight excluding hydrogens is 285 g/mol. The smallest absolute Gasteiger partial charge is 0.347 e. The lowest BCUT2D eigenvalue weighted by Gasteiger charge is -2.03. The van der Waals surface area contributed by atoms with Gasteiger partial charge in [-0.25, -0.2) is 9.38 Å². The van der Waals surface area contributed by atoms with Gasteiger partial charge in [0.1, 0.15) is 0 Å². The lowest BCUT2D eigenvalue weighted by molar-refractivity contribution is 0.313. The van der Waals surface area contributed by atoms with Crippen molar-refractivity contribution in [3.63, 3.8) is 0 Å². The van der Waals surface area contributed by atoms with Gasteiger partial charge >= 0.3 is 6.01 Å². The summed E-state index contributed by atoms with van der Waals surface area (Å²) in [5.74, 6) is -0.739. The van der Waals surface area contributed by atoms with Gasteiger partial charge < -0.3 is 9.74 Å². The Morgan fingerprint density at radius 3 is 2.64 bits per heavy atom. The Morgan fingerprint density at radius 1 is 1.23 bits per heavy atom. The highest BCUT2D eigenvalue weighted by Gasteiger charge is 2.06. The van der Waals surface area contributed by atoms with Crippen LogP contribution in [0.15, 0.2) is 40.6 Å². The molecule has 1 aromatic heterocycles. The maximum Gasteiger partial charge on any atom is 0.347 e. The molecule has 0 fully saturated rings. The van der Waals surface area contributed by atoms with Crippen LogP contribution in [0.25, 0.3) is 0 Å². The van der Waals surface area contributed by atoms with Gasteiger partial charge in [-0.2, -0.15) is 9.97 Å². The third-order valence-corrected chi connectivity index (χ3v) is 2.53. The zero-order valence-electron chi connectivity index (χ0n) is 12.6. The van der Waals surface area contributed by atoms with E-state index in [2.05, 4.69) is 20.1 Å². The van der Waals surface area contributed by atoms with E-state index in [0.717, 1.165) is 17.3 Å². The summed E-state index contributed by atoms with van der Waals surface area (Å²) in [7, 11) is 3.54. The van der Waals surface area contributed by atoms with Crippen molar-refractivity contribution in [3.05, 3.63) is 47.4 Å². The molecule has 0 spiro atoms. The summed E-state index contributed by atoms with van der Waals surface area (Å²) < 4.78 is 13.5. The summed E-state index contributed by atoms with van der Waals surface area (Å²) in [6.07, 6.45) is 3.95. The van der Waals surface area contributed by atoms with Crippen molar-refractivity contribution in [2.24, 2.45) is 10.1 Å². The lowest BCUT2D eigenvalue weighted by Crippen LogP contribution is -2.07. The molecule has 22 heavy (non-hydrogen) atoms. The number of aryl methyl sites for hydroxylation is 1. The van der Waals surface area contributed by atoms with Crippen LogP contribution in [0.4, 0.5) is 10.2 Å². The molecule has 0 aliphatic carbocycles. The quantitative estimate of drug-likeness (QED) is 0.484. The highest BCUT2D eigenvalue weighted by Crippen LogP contribution is 2.16. The first-order valence-electron chi connectivity index (χ1n) is 6.55. The Bertz CT molecular complexity index is 683. The van der Waals surface area contributed by atoms with Crippen LogP contribution in [0.5, 0.6) is 6.01 Å². The van der Waals surface area contributed by atoms with Gasteiger partial charge in [0.05, 0.1) is 18.7 Å². The van der Waals surface area contributed by atoms with Crippen LogP contribution >= 0.6 is 0 Å². The molecule has 7 heteroatoms. The van der Waals surface area contributed by atoms with Crippen molar-refractivity contribution in [3.8, 4) is 6.01 Å². The summed E-state index contributed by atoms with van der Waals surface area (Å²) in [5.41, 5.74) is 2.03. The van der Waals surface area contributed by atoms with Crippen LogP contribution in [0.2, 0.25) is 0 Å². The highest BCUT2D eigenvalue weighted by atomic mass is 19.1. The maximum absolute atomic E-state index is 13.5. The van der Waals surface area contributed by atoms with Gasteiger partial charge in [-0.15, -0.1) is 0 Å². The molecule has 0 atom stereocenters. The molecule has 0 aliphatic heterocycles. The molecule has 114 valence electrons. The van der Waals surface area contributed by atoms with Crippen LogP contribution in [0, 0.1) is 12.7 Å². The van der Waals surface area contributed by atoms with Crippen molar-refractivity contribution in [1.29, 1.82) is 0 Å². The molecule has 0 unspecified atom stereocenters. The largest absolute Gasteiger partial charge is 0.369 e. The predicted molar refractivity (Wildman–Crippen MR) is 83.2 cm³/mol. The number of benzene rings is 1. The predicted octanol–water partition coefficient (Wildman–Crippen LogP) is 2.56. The van der Waals surface area contributed by atoms with Gasteiger partial charge in [-0.05, 0) is 12.5 Å². The molecule has 0 radical (unpaired) electrons. The minimum Gasteiger partial charge on any atom is -0.369 e. The molecule has 2 rings (SSSR count). The average molecular weight is 301 g/mol. The molecule has 0 saturated carbocycles. The number of halogens is 1. The average Bonchev–Trinajstić information content (AvgIpc) is 2.49.